The van der Waals surface area contributed by atoms with Gasteiger partial charge in [0, 0.05) is 17.1 Å². The molecule has 0 heterocycles. The number of nitrogen functional groups attached to an aromatic ring is 1. The van der Waals surface area contributed by atoms with Crippen molar-refractivity contribution in [2.45, 2.75) is 18.4 Å². The first-order chi connectivity index (χ1) is 9.54. The van der Waals surface area contributed by atoms with Gasteiger partial charge in [-0.25, -0.2) is 4.39 Å². The molecule has 0 radical (unpaired) electrons. The summed E-state index contributed by atoms with van der Waals surface area (Å²) >= 11 is 1.72. The zero-order valence-corrected chi connectivity index (χ0v) is 12.1. The average molecular weight is 288 g/mol. The molecular formula is C16H17FN2S. The van der Waals surface area contributed by atoms with E-state index >= 15 is 0 Å². The standard InChI is InChI=1S/C16H17FN2S/c1-11-3-2-4-12(5-11)9-20-10-13-6-14(16(18)19)8-15(17)7-13/h2-8H,9-10H2,1H3,(H3,18,19). The molecule has 0 aromatic heterocycles. The van der Waals surface area contributed by atoms with Crippen molar-refractivity contribution in [1.82, 2.24) is 0 Å². The van der Waals surface area contributed by atoms with E-state index in [0.717, 1.165) is 11.3 Å². The molecule has 20 heavy (non-hydrogen) atoms. The van der Waals surface area contributed by atoms with Crippen molar-refractivity contribution in [3.05, 3.63) is 70.5 Å². The summed E-state index contributed by atoms with van der Waals surface area (Å²) in [6.07, 6.45) is 0. The lowest BCUT2D eigenvalue weighted by Gasteiger charge is -2.06. The molecule has 0 unspecified atom stereocenters. The predicted molar refractivity (Wildman–Crippen MR) is 83.6 cm³/mol. The lowest BCUT2D eigenvalue weighted by molar-refractivity contribution is 0.626. The van der Waals surface area contributed by atoms with E-state index in [-0.39, 0.29) is 11.7 Å². The SMILES string of the molecule is Cc1cccc(CSCc2cc(F)cc(C(=N)N)c2)c1. The van der Waals surface area contributed by atoms with Crippen molar-refractivity contribution in [2.24, 2.45) is 5.73 Å². The van der Waals surface area contributed by atoms with Crippen LogP contribution in [0.15, 0.2) is 42.5 Å². The van der Waals surface area contributed by atoms with Gasteiger partial charge in [-0.05, 0) is 36.2 Å². The Bertz CT molecular complexity index is 626. The Morgan fingerprint density at radius 3 is 2.60 bits per heavy atom. The van der Waals surface area contributed by atoms with Gasteiger partial charge in [-0.2, -0.15) is 11.8 Å². The Labute approximate surface area is 122 Å². The van der Waals surface area contributed by atoms with Gasteiger partial charge in [0.15, 0.2) is 0 Å². The number of halogens is 1. The molecule has 0 bridgehead atoms. The lowest BCUT2D eigenvalue weighted by Crippen LogP contribution is -2.11. The summed E-state index contributed by atoms with van der Waals surface area (Å²) in [6, 6.07) is 12.9. The van der Waals surface area contributed by atoms with Crippen molar-refractivity contribution in [1.29, 1.82) is 5.41 Å². The third kappa shape index (κ3) is 4.10. The smallest absolute Gasteiger partial charge is 0.124 e. The molecular weight excluding hydrogens is 271 g/mol. The Morgan fingerprint density at radius 2 is 1.90 bits per heavy atom. The van der Waals surface area contributed by atoms with Crippen LogP contribution in [0.25, 0.3) is 0 Å². The summed E-state index contributed by atoms with van der Waals surface area (Å²) in [7, 11) is 0. The number of aryl methyl sites for hydroxylation is 1. The van der Waals surface area contributed by atoms with Crippen LogP contribution in [0.3, 0.4) is 0 Å². The third-order valence-corrected chi connectivity index (χ3v) is 3.96. The first kappa shape index (κ1) is 14.6. The van der Waals surface area contributed by atoms with Crippen LogP contribution in [-0.4, -0.2) is 5.84 Å². The van der Waals surface area contributed by atoms with Gasteiger partial charge in [0.2, 0.25) is 0 Å². The van der Waals surface area contributed by atoms with Crippen LogP contribution in [0.1, 0.15) is 22.3 Å². The van der Waals surface area contributed by atoms with E-state index in [1.807, 2.05) is 6.07 Å². The van der Waals surface area contributed by atoms with Gasteiger partial charge in [-0.3, -0.25) is 5.41 Å². The minimum atomic E-state index is -0.344. The Kier molecular flexibility index (Phi) is 4.79. The van der Waals surface area contributed by atoms with Gasteiger partial charge in [0.1, 0.15) is 11.7 Å². The zero-order chi connectivity index (χ0) is 14.5. The maximum absolute atomic E-state index is 13.4. The molecule has 0 aliphatic heterocycles. The Morgan fingerprint density at radius 1 is 1.15 bits per heavy atom. The quantitative estimate of drug-likeness (QED) is 0.648. The molecule has 0 saturated heterocycles. The summed E-state index contributed by atoms with van der Waals surface area (Å²) in [6.45, 7) is 2.07. The number of nitrogens with one attached hydrogen (secondary N) is 1. The molecule has 0 aliphatic rings. The van der Waals surface area contributed by atoms with Gasteiger partial charge in [-0.15, -0.1) is 0 Å². The zero-order valence-electron chi connectivity index (χ0n) is 11.3. The minimum Gasteiger partial charge on any atom is -0.384 e. The topological polar surface area (TPSA) is 49.9 Å². The van der Waals surface area contributed by atoms with E-state index < -0.39 is 0 Å². The summed E-state index contributed by atoms with van der Waals surface area (Å²) in [4.78, 5) is 0. The third-order valence-electron chi connectivity index (χ3n) is 2.89. The highest BCUT2D eigenvalue weighted by atomic mass is 32.2. The Hall–Kier alpha value is -1.81. The van der Waals surface area contributed by atoms with Crippen LogP contribution in [0.2, 0.25) is 0 Å². The van der Waals surface area contributed by atoms with E-state index in [9.17, 15) is 4.39 Å². The van der Waals surface area contributed by atoms with Crippen LogP contribution >= 0.6 is 11.8 Å². The number of hydrogen-bond donors (Lipinski definition) is 2. The van der Waals surface area contributed by atoms with Crippen LogP contribution < -0.4 is 5.73 Å². The minimum absolute atomic E-state index is 0.102. The lowest BCUT2D eigenvalue weighted by atomic mass is 10.1. The predicted octanol–water partition coefficient (Wildman–Crippen LogP) is 3.85. The highest BCUT2D eigenvalue weighted by molar-refractivity contribution is 7.97. The summed E-state index contributed by atoms with van der Waals surface area (Å²) < 4.78 is 13.4. The van der Waals surface area contributed by atoms with E-state index in [4.69, 9.17) is 11.1 Å². The fourth-order valence-electron chi connectivity index (χ4n) is 1.98. The highest BCUT2D eigenvalue weighted by Crippen LogP contribution is 2.20. The molecule has 2 nitrogen and oxygen atoms in total. The molecule has 0 amide bonds. The summed E-state index contributed by atoms with van der Waals surface area (Å²) in [5.41, 5.74) is 9.20. The van der Waals surface area contributed by atoms with Gasteiger partial charge < -0.3 is 5.73 Å². The van der Waals surface area contributed by atoms with E-state index in [1.165, 1.54) is 23.3 Å². The fourth-order valence-corrected chi connectivity index (χ4v) is 2.90. The number of benzene rings is 2. The van der Waals surface area contributed by atoms with Crippen LogP contribution in [0.4, 0.5) is 4.39 Å². The van der Waals surface area contributed by atoms with Crippen LogP contribution in [0, 0.1) is 18.2 Å². The molecule has 0 spiro atoms. The molecule has 0 saturated carbocycles. The molecule has 0 atom stereocenters. The highest BCUT2D eigenvalue weighted by Gasteiger charge is 2.04. The number of rotatable bonds is 5. The largest absolute Gasteiger partial charge is 0.384 e. The molecule has 2 aromatic rings. The molecule has 0 fully saturated rings. The van der Waals surface area contributed by atoms with Crippen LogP contribution in [0.5, 0.6) is 0 Å². The van der Waals surface area contributed by atoms with Crippen molar-refractivity contribution in [2.75, 3.05) is 0 Å². The fraction of sp³-hybridized carbons (Fsp3) is 0.188. The maximum atomic E-state index is 13.4. The molecule has 0 aliphatic carbocycles. The van der Waals surface area contributed by atoms with Crippen molar-refractivity contribution < 1.29 is 4.39 Å². The average Bonchev–Trinajstić information content (AvgIpc) is 2.38. The maximum Gasteiger partial charge on any atom is 0.124 e. The number of nitrogens with two attached hydrogens (primary N) is 1. The second-order valence-corrected chi connectivity index (χ2v) is 5.73. The second-order valence-electron chi connectivity index (χ2n) is 4.74. The summed E-state index contributed by atoms with van der Waals surface area (Å²) in [5.74, 6) is 1.14. The molecule has 3 N–H and O–H groups in total. The Balaban J connectivity index is 1.99. The van der Waals surface area contributed by atoms with Crippen molar-refractivity contribution >= 4 is 17.6 Å². The second kappa shape index (κ2) is 6.57. The first-order valence-corrected chi connectivity index (χ1v) is 7.47. The molecule has 2 aromatic carbocycles. The first-order valence-electron chi connectivity index (χ1n) is 6.32. The monoisotopic (exact) mass is 288 g/mol. The normalized spacial score (nSPS) is 10.5. The van der Waals surface area contributed by atoms with Gasteiger partial charge in [-0.1, -0.05) is 29.8 Å². The summed E-state index contributed by atoms with van der Waals surface area (Å²) in [5, 5.41) is 7.37. The number of hydrogen-bond acceptors (Lipinski definition) is 2. The number of amidine groups is 1. The van der Waals surface area contributed by atoms with Gasteiger partial charge >= 0.3 is 0 Å². The molecule has 4 heteroatoms. The molecule has 2 rings (SSSR count). The van der Waals surface area contributed by atoms with E-state index in [2.05, 4.69) is 25.1 Å². The van der Waals surface area contributed by atoms with Crippen molar-refractivity contribution in [3.63, 3.8) is 0 Å². The van der Waals surface area contributed by atoms with Crippen molar-refractivity contribution in [3.8, 4) is 0 Å². The number of thioether (sulfide) groups is 1. The van der Waals surface area contributed by atoms with E-state index in [0.29, 0.717) is 11.3 Å². The van der Waals surface area contributed by atoms with Gasteiger partial charge in [0.25, 0.3) is 0 Å². The van der Waals surface area contributed by atoms with E-state index in [1.54, 1.807) is 17.8 Å². The van der Waals surface area contributed by atoms with Gasteiger partial charge in [0.05, 0.1) is 0 Å². The van der Waals surface area contributed by atoms with Crippen LogP contribution in [-0.2, 0) is 11.5 Å². The molecule has 104 valence electrons.